The lowest BCUT2D eigenvalue weighted by Gasteiger charge is -2.27. The van der Waals surface area contributed by atoms with Gasteiger partial charge in [0.25, 0.3) is 5.91 Å². The van der Waals surface area contributed by atoms with E-state index in [1.807, 2.05) is 38.1 Å². The molecular formula is C19H25N3O2S. The van der Waals surface area contributed by atoms with Crippen LogP contribution in [0, 0.1) is 13.8 Å². The molecule has 5 nitrogen and oxygen atoms in total. The van der Waals surface area contributed by atoms with Gasteiger partial charge in [-0.15, -0.1) is 11.8 Å². The number of thioether (sulfide) groups is 1. The maximum Gasteiger partial charge on any atom is 0.252 e. The molecule has 1 amide bonds. The maximum absolute atomic E-state index is 12.7. The zero-order chi connectivity index (χ0) is 17.8. The summed E-state index contributed by atoms with van der Waals surface area (Å²) < 4.78 is 5.22. The number of carbonyl (C=O) groups is 1. The second-order valence-electron chi connectivity index (χ2n) is 6.67. The van der Waals surface area contributed by atoms with Gasteiger partial charge in [0.15, 0.2) is 0 Å². The Morgan fingerprint density at radius 2 is 2.00 bits per heavy atom. The van der Waals surface area contributed by atoms with Gasteiger partial charge in [-0.25, -0.2) is 0 Å². The molecule has 0 aliphatic heterocycles. The van der Waals surface area contributed by atoms with Crippen LogP contribution in [0.3, 0.4) is 0 Å². The Morgan fingerprint density at radius 1 is 1.28 bits per heavy atom. The van der Waals surface area contributed by atoms with Crippen molar-refractivity contribution in [1.29, 1.82) is 0 Å². The molecule has 1 saturated carbocycles. The second kappa shape index (κ2) is 8.06. The van der Waals surface area contributed by atoms with Gasteiger partial charge in [-0.3, -0.25) is 4.79 Å². The monoisotopic (exact) mass is 359 g/mol. The number of rotatable bonds is 5. The molecule has 0 atom stereocenters. The highest BCUT2D eigenvalue weighted by Gasteiger charge is 2.22. The normalized spacial score (nSPS) is 20.4. The summed E-state index contributed by atoms with van der Waals surface area (Å²) in [5.41, 5.74) is 8.68. The molecule has 1 aliphatic carbocycles. The largest absolute Gasteiger partial charge is 0.361 e. The molecule has 134 valence electrons. The fourth-order valence-electron chi connectivity index (χ4n) is 3.16. The number of nitrogens with one attached hydrogen (secondary N) is 1. The lowest BCUT2D eigenvalue weighted by atomic mass is 9.91. The third-order valence-corrected chi connectivity index (χ3v) is 5.89. The fraction of sp³-hybridized carbons (Fsp3) is 0.474. The number of benzene rings is 1. The molecule has 1 aromatic carbocycles. The average molecular weight is 359 g/mol. The summed E-state index contributed by atoms with van der Waals surface area (Å²) in [7, 11) is 0. The smallest absolute Gasteiger partial charge is 0.252 e. The van der Waals surface area contributed by atoms with E-state index in [4.69, 9.17) is 10.3 Å². The molecule has 0 saturated heterocycles. The van der Waals surface area contributed by atoms with E-state index in [9.17, 15) is 4.79 Å². The topological polar surface area (TPSA) is 81.2 Å². The molecule has 3 N–H and O–H groups in total. The third kappa shape index (κ3) is 4.44. The van der Waals surface area contributed by atoms with Crippen LogP contribution in [-0.4, -0.2) is 23.1 Å². The van der Waals surface area contributed by atoms with E-state index < -0.39 is 0 Å². The van der Waals surface area contributed by atoms with Gasteiger partial charge in [-0.05, 0) is 51.7 Å². The first-order valence-corrected chi connectivity index (χ1v) is 9.73. The van der Waals surface area contributed by atoms with Gasteiger partial charge >= 0.3 is 0 Å². The van der Waals surface area contributed by atoms with Crippen molar-refractivity contribution in [3.63, 3.8) is 0 Å². The second-order valence-corrected chi connectivity index (χ2v) is 7.69. The van der Waals surface area contributed by atoms with Crippen LogP contribution in [0.1, 0.15) is 53.1 Å². The predicted octanol–water partition coefficient (Wildman–Crippen LogP) is 3.58. The summed E-state index contributed by atoms with van der Waals surface area (Å²) in [5, 5.41) is 7.16. The minimum absolute atomic E-state index is 0.00216. The standard InChI is InChI=1S/C19H25N3O2S/c1-12-17(13(2)24-22-12)11-25-18-6-4-3-5-16(18)19(23)21-15-9-7-14(20)8-10-15/h3-6,14-15H,7-11,20H2,1-2H3,(H,21,23). The van der Waals surface area contributed by atoms with Crippen LogP contribution in [0.25, 0.3) is 0 Å². The number of nitrogens with two attached hydrogens (primary N) is 1. The van der Waals surface area contributed by atoms with Crippen molar-refractivity contribution in [3.05, 3.63) is 46.8 Å². The van der Waals surface area contributed by atoms with Crippen LogP contribution in [0.4, 0.5) is 0 Å². The molecule has 6 heteroatoms. The molecule has 1 aromatic heterocycles. The van der Waals surface area contributed by atoms with E-state index in [-0.39, 0.29) is 18.0 Å². The fourth-order valence-corrected chi connectivity index (χ4v) is 4.37. The zero-order valence-electron chi connectivity index (χ0n) is 14.7. The van der Waals surface area contributed by atoms with Crippen LogP contribution in [0.15, 0.2) is 33.7 Å². The van der Waals surface area contributed by atoms with Crippen LogP contribution in [0.2, 0.25) is 0 Å². The molecule has 2 aromatic rings. The number of aromatic nitrogens is 1. The average Bonchev–Trinajstić information content (AvgIpc) is 2.93. The zero-order valence-corrected chi connectivity index (χ0v) is 15.6. The molecular weight excluding hydrogens is 334 g/mol. The molecule has 1 heterocycles. The van der Waals surface area contributed by atoms with Crippen LogP contribution in [0.5, 0.6) is 0 Å². The summed E-state index contributed by atoms with van der Waals surface area (Å²) in [5.74, 6) is 1.58. The van der Waals surface area contributed by atoms with E-state index in [1.54, 1.807) is 11.8 Å². The molecule has 1 fully saturated rings. The SMILES string of the molecule is Cc1noc(C)c1CSc1ccccc1C(=O)NC1CCC(N)CC1. The van der Waals surface area contributed by atoms with Gasteiger partial charge in [-0.2, -0.15) is 0 Å². The molecule has 1 aliphatic rings. The van der Waals surface area contributed by atoms with Crippen molar-refractivity contribution >= 4 is 17.7 Å². The lowest BCUT2D eigenvalue weighted by molar-refractivity contribution is 0.0923. The van der Waals surface area contributed by atoms with Gasteiger partial charge in [0.2, 0.25) is 0 Å². The van der Waals surface area contributed by atoms with Gasteiger partial charge < -0.3 is 15.6 Å². The molecule has 0 unspecified atom stereocenters. The number of nitrogens with zero attached hydrogens (tertiary/aromatic N) is 1. The molecule has 3 rings (SSSR count). The summed E-state index contributed by atoms with van der Waals surface area (Å²) in [6, 6.07) is 8.27. The van der Waals surface area contributed by atoms with Crippen molar-refractivity contribution in [2.75, 3.05) is 0 Å². The Morgan fingerprint density at radius 3 is 2.68 bits per heavy atom. The van der Waals surface area contributed by atoms with Crippen LogP contribution >= 0.6 is 11.8 Å². The van der Waals surface area contributed by atoms with Crippen molar-refractivity contribution in [3.8, 4) is 0 Å². The first-order valence-electron chi connectivity index (χ1n) is 8.74. The van der Waals surface area contributed by atoms with Crippen molar-refractivity contribution in [1.82, 2.24) is 10.5 Å². The van der Waals surface area contributed by atoms with Crippen molar-refractivity contribution < 1.29 is 9.32 Å². The van der Waals surface area contributed by atoms with Gasteiger partial charge in [-0.1, -0.05) is 17.3 Å². The quantitative estimate of drug-likeness (QED) is 0.798. The number of amides is 1. The van der Waals surface area contributed by atoms with E-state index >= 15 is 0 Å². The number of aryl methyl sites for hydroxylation is 2. The Bertz CT molecular complexity index is 717. The minimum atomic E-state index is 0.00216. The Labute approximate surface area is 152 Å². The molecule has 0 spiro atoms. The highest BCUT2D eigenvalue weighted by Crippen LogP contribution is 2.29. The van der Waals surface area contributed by atoms with E-state index in [0.717, 1.165) is 58.9 Å². The van der Waals surface area contributed by atoms with Gasteiger partial charge in [0.1, 0.15) is 5.76 Å². The maximum atomic E-state index is 12.7. The number of carbonyl (C=O) groups excluding carboxylic acids is 1. The van der Waals surface area contributed by atoms with Crippen LogP contribution in [-0.2, 0) is 5.75 Å². The molecule has 0 radical (unpaired) electrons. The minimum Gasteiger partial charge on any atom is -0.361 e. The van der Waals surface area contributed by atoms with Crippen molar-refractivity contribution in [2.24, 2.45) is 5.73 Å². The van der Waals surface area contributed by atoms with Gasteiger partial charge in [0.05, 0.1) is 11.3 Å². The van der Waals surface area contributed by atoms with E-state index in [2.05, 4.69) is 10.5 Å². The molecule has 0 bridgehead atoms. The summed E-state index contributed by atoms with van der Waals surface area (Å²) in [6.45, 7) is 3.86. The third-order valence-electron chi connectivity index (χ3n) is 4.79. The van der Waals surface area contributed by atoms with E-state index in [0.29, 0.717) is 0 Å². The number of hydrogen-bond acceptors (Lipinski definition) is 5. The molecule has 25 heavy (non-hydrogen) atoms. The van der Waals surface area contributed by atoms with Crippen molar-refractivity contribution in [2.45, 2.75) is 62.3 Å². The predicted molar refractivity (Wildman–Crippen MR) is 99.7 cm³/mol. The first kappa shape index (κ1) is 18.0. The summed E-state index contributed by atoms with van der Waals surface area (Å²) in [4.78, 5) is 13.7. The van der Waals surface area contributed by atoms with Gasteiger partial charge in [0, 0.05) is 28.3 Å². The lowest BCUT2D eigenvalue weighted by Crippen LogP contribution is -2.40. The Balaban J connectivity index is 1.67. The summed E-state index contributed by atoms with van der Waals surface area (Å²) in [6.07, 6.45) is 3.88. The Kier molecular flexibility index (Phi) is 5.81. The van der Waals surface area contributed by atoms with E-state index in [1.165, 1.54) is 0 Å². The highest BCUT2D eigenvalue weighted by molar-refractivity contribution is 7.98. The highest BCUT2D eigenvalue weighted by atomic mass is 32.2. The Hall–Kier alpha value is -1.79. The van der Waals surface area contributed by atoms with Crippen LogP contribution < -0.4 is 11.1 Å². The first-order chi connectivity index (χ1) is 12.0. The number of hydrogen-bond donors (Lipinski definition) is 2. The summed E-state index contributed by atoms with van der Waals surface area (Å²) >= 11 is 1.64.